The predicted molar refractivity (Wildman–Crippen MR) is 253 cm³/mol. The van der Waals surface area contributed by atoms with E-state index in [1.54, 1.807) is 30.4 Å². The third-order valence-electron chi connectivity index (χ3n) is 10.8. The third kappa shape index (κ3) is 32.2. The van der Waals surface area contributed by atoms with Crippen molar-refractivity contribution in [3.05, 3.63) is 60.8 Å². The van der Waals surface area contributed by atoms with Gasteiger partial charge in [0.15, 0.2) is 6.10 Å². The van der Waals surface area contributed by atoms with E-state index in [9.17, 15) is 64.0 Å². The van der Waals surface area contributed by atoms with E-state index in [2.05, 4.69) is 30.5 Å². The molecule has 0 spiro atoms. The number of rotatable bonds is 39. The normalized spacial score (nSPS) is 22.9. The summed E-state index contributed by atoms with van der Waals surface area (Å²) >= 11 is 0. The zero-order valence-electron chi connectivity index (χ0n) is 39.5. The fourth-order valence-electron chi connectivity index (χ4n) is 6.94. The first-order valence-electron chi connectivity index (χ1n) is 24.1. The average molecular weight is 997 g/mol. The molecule has 9 N–H and O–H groups in total. The standard InChI is InChI=1S/C47H82O18P2/c1-3-5-7-8-9-10-11-12-13-14-15-16-20-23-27-33-40(50)61-35-39(36-62-67(59,60)65-47-44(54)42(52)43(53)46(45(47)55)64-66(56,57)58)63-41(51)34-28-32-38(49)31-26-22-19-17-18-21-25-30-37(48)29-24-6-4-2/h12-13,18-19,21-22,25-26,30-31,37-39,42-49,52-55H,3-11,14-17,20,23-24,27-29,32-36H2,1-2H3,(H,59,60)(H2,56,57,58)/b13-12-,21-18-,22-19-,30-25+,31-26+/t37-,38-,39-,42?,43?,44?,45?,46-,47+/m1/s1. The number of aliphatic hydroxyl groups is 6. The van der Waals surface area contributed by atoms with Crippen LogP contribution in [0.5, 0.6) is 0 Å². The third-order valence-corrected chi connectivity index (χ3v) is 12.3. The lowest BCUT2D eigenvalue weighted by Crippen LogP contribution is -2.64. The molecular formula is C47H82O18P2. The molecular weight excluding hydrogens is 914 g/mol. The molecule has 0 amide bonds. The Morgan fingerprint density at radius 3 is 1.61 bits per heavy atom. The number of phosphoric acid groups is 2. The van der Waals surface area contributed by atoms with Crippen molar-refractivity contribution in [1.29, 1.82) is 0 Å². The van der Waals surface area contributed by atoms with Gasteiger partial charge in [-0.2, -0.15) is 0 Å². The maximum atomic E-state index is 13.0. The lowest BCUT2D eigenvalue weighted by Gasteiger charge is -2.43. The van der Waals surface area contributed by atoms with E-state index in [4.69, 9.17) is 18.5 Å². The molecule has 0 radical (unpaired) electrons. The first-order valence-corrected chi connectivity index (χ1v) is 27.1. The molecule has 0 saturated heterocycles. The molecule has 1 saturated carbocycles. The molecule has 10 atom stereocenters. The van der Waals surface area contributed by atoms with Crippen LogP contribution in [-0.4, -0.2) is 125 Å². The number of hydrogen-bond donors (Lipinski definition) is 9. The molecule has 388 valence electrons. The predicted octanol–water partition coefficient (Wildman–Crippen LogP) is 7.00. The summed E-state index contributed by atoms with van der Waals surface area (Å²) < 4.78 is 49.2. The van der Waals surface area contributed by atoms with E-state index >= 15 is 0 Å². The molecule has 5 unspecified atom stereocenters. The van der Waals surface area contributed by atoms with Crippen LogP contribution in [0, 0.1) is 0 Å². The van der Waals surface area contributed by atoms with Gasteiger partial charge in [0.1, 0.15) is 43.2 Å². The summed E-state index contributed by atoms with van der Waals surface area (Å²) in [5, 5.41) is 61.5. The van der Waals surface area contributed by atoms with Crippen LogP contribution in [0.3, 0.4) is 0 Å². The van der Waals surface area contributed by atoms with E-state index in [-0.39, 0.29) is 25.7 Å². The molecule has 1 aliphatic carbocycles. The number of unbranched alkanes of at least 4 members (excludes halogenated alkanes) is 13. The fourth-order valence-corrected chi connectivity index (χ4v) is 8.48. The molecule has 20 heteroatoms. The number of ether oxygens (including phenoxy) is 2. The van der Waals surface area contributed by atoms with Gasteiger partial charge in [0.2, 0.25) is 0 Å². The van der Waals surface area contributed by atoms with Crippen LogP contribution in [0.25, 0.3) is 0 Å². The van der Waals surface area contributed by atoms with Crippen molar-refractivity contribution in [3.63, 3.8) is 0 Å². The van der Waals surface area contributed by atoms with Crippen LogP contribution in [0.4, 0.5) is 0 Å². The fraction of sp³-hybridized carbons (Fsp3) is 0.745. The molecule has 0 aliphatic heterocycles. The second-order valence-corrected chi connectivity index (χ2v) is 19.5. The second-order valence-electron chi connectivity index (χ2n) is 16.9. The summed E-state index contributed by atoms with van der Waals surface area (Å²) in [5.41, 5.74) is 0. The van der Waals surface area contributed by atoms with Crippen molar-refractivity contribution in [2.75, 3.05) is 13.2 Å². The second kappa shape index (κ2) is 37.4. The number of hydrogen-bond acceptors (Lipinski definition) is 15. The minimum atomic E-state index is -5.40. The lowest BCUT2D eigenvalue weighted by molar-refractivity contribution is -0.216. The van der Waals surface area contributed by atoms with Crippen molar-refractivity contribution in [3.8, 4) is 0 Å². The highest BCUT2D eigenvalue weighted by Gasteiger charge is 2.54. The summed E-state index contributed by atoms with van der Waals surface area (Å²) in [6.45, 7) is 2.80. The van der Waals surface area contributed by atoms with Crippen molar-refractivity contribution < 1.29 is 87.1 Å². The van der Waals surface area contributed by atoms with Gasteiger partial charge in [-0.05, 0) is 57.8 Å². The smallest absolute Gasteiger partial charge is 0.462 e. The van der Waals surface area contributed by atoms with Gasteiger partial charge in [-0.3, -0.25) is 23.2 Å². The van der Waals surface area contributed by atoms with Crippen LogP contribution in [0.15, 0.2) is 60.8 Å². The molecule has 1 aliphatic rings. The molecule has 0 aromatic rings. The highest BCUT2D eigenvalue weighted by Crippen LogP contribution is 2.49. The molecule has 1 fully saturated rings. The Kier molecular flexibility index (Phi) is 35.0. The summed E-state index contributed by atoms with van der Waals surface area (Å²) in [4.78, 5) is 54.3. The zero-order valence-corrected chi connectivity index (χ0v) is 41.3. The van der Waals surface area contributed by atoms with Crippen molar-refractivity contribution in [2.24, 2.45) is 0 Å². The van der Waals surface area contributed by atoms with Crippen LogP contribution in [0.2, 0.25) is 0 Å². The van der Waals surface area contributed by atoms with Gasteiger partial charge in [-0.25, -0.2) is 9.13 Å². The Hall–Kier alpha value is -2.38. The van der Waals surface area contributed by atoms with Crippen LogP contribution in [-0.2, 0) is 41.8 Å². The monoisotopic (exact) mass is 996 g/mol. The van der Waals surface area contributed by atoms with E-state index < -0.39 is 95.7 Å². The number of aliphatic hydroxyl groups excluding tert-OH is 6. The van der Waals surface area contributed by atoms with Crippen LogP contribution in [0.1, 0.15) is 155 Å². The minimum Gasteiger partial charge on any atom is -0.462 e. The van der Waals surface area contributed by atoms with Gasteiger partial charge < -0.3 is 54.8 Å². The van der Waals surface area contributed by atoms with Gasteiger partial charge in [-0.15, -0.1) is 0 Å². The van der Waals surface area contributed by atoms with Gasteiger partial charge in [0, 0.05) is 12.8 Å². The first kappa shape index (κ1) is 62.6. The van der Waals surface area contributed by atoms with Crippen LogP contribution < -0.4 is 0 Å². The summed E-state index contributed by atoms with van der Waals surface area (Å²) in [6.07, 6.45) is 20.9. The maximum Gasteiger partial charge on any atom is 0.472 e. The number of allylic oxidation sites excluding steroid dienone is 8. The minimum absolute atomic E-state index is 0.0592. The Balaban J connectivity index is 2.71. The summed E-state index contributed by atoms with van der Waals surface area (Å²) in [6, 6.07) is 0. The topological polar surface area (TPSA) is 296 Å². The zero-order chi connectivity index (χ0) is 49.9. The highest BCUT2D eigenvalue weighted by atomic mass is 31.2. The Labute approximate surface area is 397 Å². The molecule has 67 heavy (non-hydrogen) atoms. The number of carbonyl (C=O) groups is 2. The van der Waals surface area contributed by atoms with Gasteiger partial charge in [0.25, 0.3) is 0 Å². The largest absolute Gasteiger partial charge is 0.472 e. The van der Waals surface area contributed by atoms with Crippen molar-refractivity contribution >= 4 is 27.6 Å². The van der Waals surface area contributed by atoms with E-state index in [1.807, 2.05) is 18.2 Å². The molecule has 0 heterocycles. The van der Waals surface area contributed by atoms with Gasteiger partial charge >= 0.3 is 27.6 Å². The Bertz CT molecular complexity index is 1560. The molecule has 18 nitrogen and oxygen atoms in total. The Morgan fingerprint density at radius 2 is 1.04 bits per heavy atom. The van der Waals surface area contributed by atoms with Crippen LogP contribution >= 0.6 is 15.6 Å². The lowest BCUT2D eigenvalue weighted by atomic mass is 9.85. The first-order chi connectivity index (χ1) is 31.9. The highest BCUT2D eigenvalue weighted by molar-refractivity contribution is 7.47. The van der Waals surface area contributed by atoms with Gasteiger partial charge in [0.05, 0.1) is 18.8 Å². The quantitative estimate of drug-likeness (QED) is 0.00984. The van der Waals surface area contributed by atoms with Gasteiger partial charge in [-0.1, -0.05) is 145 Å². The van der Waals surface area contributed by atoms with Crippen molar-refractivity contribution in [1.82, 2.24) is 0 Å². The van der Waals surface area contributed by atoms with Crippen molar-refractivity contribution in [2.45, 2.75) is 210 Å². The van der Waals surface area contributed by atoms with E-state index in [1.165, 1.54) is 38.5 Å². The van der Waals surface area contributed by atoms with E-state index in [0.29, 0.717) is 12.8 Å². The summed E-state index contributed by atoms with van der Waals surface area (Å²) in [7, 11) is -10.8. The SMILES string of the molecule is CCCCCCCC/C=C\CCCCCCCC(=O)OC[C@H](COP(=O)(O)O[C@H]1C(O)C(O)C(O)[C@@H](OP(=O)(O)O)C1O)OC(=O)CCC[C@H](O)/C=C/C=C\C/C=C\C=C\[C@H](O)CCCCC. The molecule has 0 aromatic heterocycles. The maximum absolute atomic E-state index is 13.0. The molecule has 1 rings (SSSR count). The molecule has 0 bridgehead atoms. The molecule has 0 aromatic carbocycles. The number of phosphoric ester groups is 2. The Morgan fingerprint density at radius 1 is 0.552 bits per heavy atom. The number of esters is 2. The average Bonchev–Trinajstić information content (AvgIpc) is 3.27. The van der Waals surface area contributed by atoms with E-state index in [0.717, 1.165) is 64.2 Å². The number of carbonyl (C=O) groups excluding carboxylic acids is 2. The summed E-state index contributed by atoms with van der Waals surface area (Å²) in [5.74, 6) is -1.45.